The summed E-state index contributed by atoms with van der Waals surface area (Å²) in [6, 6.07) is 10.2. The number of amides is 1. The predicted octanol–water partition coefficient (Wildman–Crippen LogP) is 2.02. The number of aryl methyl sites for hydroxylation is 1. The van der Waals surface area contributed by atoms with Gasteiger partial charge >= 0.3 is 5.97 Å². The molecule has 102 valence electrons. The first-order valence-corrected chi connectivity index (χ1v) is 5.90. The van der Waals surface area contributed by atoms with Gasteiger partial charge in [-0.1, -0.05) is 24.3 Å². The van der Waals surface area contributed by atoms with Crippen LogP contribution in [0, 0.1) is 6.92 Å². The molecule has 2 aromatic carbocycles. The fraction of sp³-hybridized carbons (Fsp3) is 0.0667. The predicted molar refractivity (Wildman–Crippen MR) is 72.0 cm³/mol. The van der Waals surface area contributed by atoms with Crippen LogP contribution in [0.4, 0.5) is 5.69 Å². The van der Waals surface area contributed by atoms with Gasteiger partial charge in [-0.25, -0.2) is 4.79 Å². The molecule has 0 heterocycles. The van der Waals surface area contributed by atoms with E-state index in [1.54, 1.807) is 19.1 Å². The zero-order chi connectivity index (χ0) is 14.7. The Balaban J connectivity index is 2.31. The molecule has 0 radical (unpaired) electrons. The molecule has 2 aromatic rings. The summed E-state index contributed by atoms with van der Waals surface area (Å²) in [5.41, 5.74) is 1.11. The van der Waals surface area contributed by atoms with Crippen molar-refractivity contribution in [3.8, 4) is 5.75 Å². The molecular formula is C15H12NO4-. The molecule has 0 aliphatic rings. The molecule has 0 bridgehead atoms. The first-order chi connectivity index (χ1) is 9.49. The third kappa shape index (κ3) is 2.77. The van der Waals surface area contributed by atoms with Gasteiger partial charge in [0.2, 0.25) is 0 Å². The van der Waals surface area contributed by atoms with Crippen LogP contribution in [0.5, 0.6) is 5.75 Å². The number of hydrogen-bond donors (Lipinski definition) is 2. The van der Waals surface area contributed by atoms with Crippen molar-refractivity contribution in [2.24, 2.45) is 0 Å². The minimum atomic E-state index is -1.16. The van der Waals surface area contributed by atoms with E-state index in [-0.39, 0.29) is 16.9 Å². The second-order valence-electron chi connectivity index (χ2n) is 4.28. The van der Waals surface area contributed by atoms with Crippen LogP contribution in [0.25, 0.3) is 0 Å². The first-order valence-electron chi connectivity index (χ1n) is 5.90. The van der Waals surface area contributed by atoms with Gasteiger partial charge in [-0.3, -0.25) is 4.79 Å². The average molecular weight is 270 g/mol. The number of nitrogens with one attached hydrogen (secondary N) is 1. The zero-order valence-corrected chi connectivity index (χ0v) is 10.7. The van der Waals surface area contributed by atoms with Gasteiger partial charge in [0.05, 0.1) is 11.1 Å². The molecule has 0 aliphatic carbocycles. The molecule has 0 saturated carbocycles. The Bertz CT molecular complexity index is 679. The van der Waals surface area contributed by atoms with E-state index in [0.29, 0.717) is 11.3 Å². The summed E-state index contributed by atoms with van der Waals surface area (Å²) in [5, 5.41) is 22.8. The normalized spacial score (nSPS) is 10.1. The molecule has 1 amide bonds. The van der Waals surface area contributed by atoms with Crippen molar-refractivity contribution in [1.82, 2.24) is 0 Å². The van der Waals surface area contributed by atoms with Crippen molar-refractivity contribution in [3.05, 3.63) is 59.2 Å². The molecule has 0 fully saturated rings. The molecule has 0 atom stereocenters. The summed E-state index contributed by atoms with van der Waals surface area (Å²) in [6.07, 6.45) is 0. The smallest absolute Gasteiger partial charge is 0.336 e. The molecule has 5 heteroatoms. The number of carbonyl (C=O) groups is 2. The Morgan fingerprint density at radius 3 is 2.35 bits per heavy atom. The Labute approximate surface area is 115 Å². The maximum atomic E-state index is 12.1. The third-order valence-electron chi connectivity index (χ3n) is 2.85. The van der Waals surface area contributed by atoms with Gasteiger partial charge in [-0.2, -0.15) is 0 Å². The highest BCUT2D eigenvalue weighted by molar-refractivity contribution is 6.10. The van der Waals surface area contributed by atoms with E-state index in [4.69, 9.17) is 5.11 Å². The van der Waals surface area contributed by atoms with Crippen molar-refractivity contribution >= 4 is 17.6 Å². The lowest BCUT2D eigenvalue weighted by molar-refractivity contribution is -0.268. The van der Waals surface area contributed by atoms with Gasteiger partial charge < -0.3 is 15.5 Å². The zero-order valence-electron chi connectivity index (χ0n) is 10.7. The summed E-state index contributed by atoms with van der Waals surface area (Å²) < 4.78 is 0. The standard InChI is InChI=1S/C15H13NO4/c1-9-8-10(17)6-7-13(9)16-14(18)11-4-2-3-5-12(11)15(19)20/h2-8,17H,1H3,(H,16,18)(H,19,20)/p-1. The number of benzene rings is 2. The van der Waals surface area contributed by atoms with Gasteiger partial charge in [-0.05, 0) is 30.7 Å². The van der Waals surface area contributed by atoms with Crippen molar-refractivity contribution < 1.29 is 19.8 Å². The maximum Gasteiger partial charge on any atom is 0.336 e. The van der Waals surface area contributed by atoms with Gasteiger partial charge in [0.15, 0.2) is 0 Å². The Kier molecular flexibility index (Phi) is 3.70. The van der Waals surface area contributed by atoms with Crippen molar-refractivity contribution in [1.29, 1.82) is 0 Å². The van der Waals surface area contributed by atoms with Crippen LogP contribution in [-0.2, 0) is 0 Å². The van der Waals surface area contributed by atoms with Gasteiger partial charge in [-0.15, -0.1) is 5.75 Å². The lowest BCUT2D eigenvalue weighted by Gasteiger charge is -2.13. The van der Waals surface area contributed by atoms with E-state index >= 15 is 0 Å². The summed E-state index contributed by atoms with van der Waals surface area (Å²) in [5.74, 6) is -1.83. The number of rotatable bonds is 3. The third-order valence-corrected chi connectivity index (χ3v) is 2.85. The van der Waals surface area contributed by atoms with E-state index in [1.165, 1.54) is 30.3 Å². The van der Waals surface area contributed by atoms with Crippen LogP contribution in [0.1, 0.15) is 26.3 Å². The number of anilines is 1. The highest BCUT2D eigenvalue weighted by atomic mass is 16.4. The van der Waals surface area contributed by atoms with Crippen LogP contribution in [0.15, 0.2) is 42.5 Å². The first kappa shape index (κ1) is 13.6. The SMILES string of the molecule is Cc1cc([O-])ccc1NC(=O)c1ccccc1C(=O)O. The van der Waals surface area contributed by atoms with Crippen LogP contribution in [0.2, 0.25) is 0 Å². The van der Waals surface area contributed by atoms with E-state index < -0.39 is 11.9 Å². The Morgan fingerprint density at radius 2 is 1.75 bits per heavy atom. The molecule has 0 spiro atoms. The summed E-state index contributed by atoms with van der Waals surface area (Å²) in [4.78, 5) is 23.2. The average Bonchev–Trinajstić information content (AvgIpc) is 2.41. The van der Waals surface area contributed by atoms with E-state index in [0.717, 1.165) is 0 Å². The quantitative estimate of drug-likeness (QED) is 0.892. The molecule has 2 N–H and O–H groups in total. The number of aromatic carboxylic acids is 1. The number of carboxylic acid groups (broad SMARTS) is 1. The topological polar surface area (TPSA) is 89.5 Å². The highest BCUT2D eigenvalue weighted by Crippen LogP contribution is 2.20. The molecule has 2 rings (SSSR count). The monoisotopic (exact) mass is 270 g/mol. The molecule has 5 nitrogen and oxygen atoms in total. The second kappa shape index (κ2) is 5.44. The summed E-state index contributed by atoms with van der Waals surface area (Å²) in [7, 11) is 0. The molecule has 0 saturated heterocycles. The van der Waals surface area contributed by atoms with Crippen molar-refractivity contribution in [3.63, 3.8) is 0 Å². The lowest BCUT2D eigenvalue weighted by atomic mass is 10.1. The minimum absolute atomic E-state index is 0.0666. The van der Waals surface area contributed by atoms with Crippen molar-refractivity contribution in [2.45, 2.75) is 6.92 Å². The molecule has 0 aromatic heterocycles. The van der Waals surface area contributed by atoms with E-state index in [9.17, 15) is 14.7 Å². The second-order valence-corrected chi connectivity index (χ2v) is 4.28. The minimum Gasteiger partial charge on any atom is -0.872 e. The van der Waals surface area contributed by atoms with E-state index in [1.807, 2.05) is 0 Å². The summed E-state index contributed by atoms with van der Waals surface area (Å²) in [6.45, 7) is 1.69. The van der Waals surface area contributed by atoms with Crippen LogP contribution < -0.4 is 10.4 Å². The molecule has 20 heavy (non-hydrogen) atoms. The molecule has 0 aliphatic heterocycles. The number of carbonyl (C=O) groups excluding carboxylic acids is 1. The Morgan fingerprint density at radius 1 is 1.10 bits per heavy atom. The van der Waals surface area contributed by atoms with Gasteiger partial charge in [0, 0.05) is 5.69 Å². The molecular weight excluding hydrogens is 258 g/mol. The van der Waals surface area contributed by atoms with Crippen LogP contribution >= 0.6 is 0 Å². The highest BCUT2D eigenvalue weighted by Gasteiger charge is 2.16. The number of hydrogen-bond acceptors (Lipinski definition) is 3. The number of carboxylic acids is 1. The molecule has 0 unspecified atom stereocenters. The van der Waals surface area contributed by atoms with Crippen LogP contribution in [-0.4, -0.2) is 17.0 Å². The summed E-state index contributed by atoms with van der Waals surface area (Å²) >= 11 is 0. The lowest BCUT2D eigenvalue weighted by Crippen LogP contribution is -2.17. The fourth-order valence-corrected chi connectivity index (χ4v) is 1.83. The van der Waals surface area contributed by atoms with Crippen molar-refractivity contribution in [2.75, 3.05) is 5.32 Å². The largest absolute Gasteiger partial charge is 0.872 e. The van der Waals surface area contributed by atoms with Gasteiger partial charge in [0.25, 0.3) is 5.91 Å². The maximum absolute atomic E-state index is 12.1. The fourth-order valence-electron chi connectivity index (χ4n) is 1.83. The van der Waals surface area contributed by atoms with Crippen LogP contribution in [0.3, 0.4) is 0 Å². The Hall–Kier alpha value is -2.82. The van der Waals surface area contributed by atoms with E-state index in [2.05, 4.69) is 5.32 Å². The van der Waals surface area contributed by atoms with Gasteiger partial charge in [0.1, 0.15) is 0 Å².